The maximum Gasteiger partial charge on any atom is 0.123 e. The first-order valence-electron chi connectivity index (χ1n) is 5.85. The molecule has 0 amide bonds. The second-order valence-corrected chi connectivity index (χ2v) is 5.22. The molecule has 0 spiro atoms. The van der Waals surface area contributed by atoms with Gasteiger partial charge in [0, 0.05) is 17.6 Å². The topological polar surface area (TPSA) is 12.0 Å². The van der Waals surface area contributed by atoms with Crippen molar-refractivity contribution in [3.05, 3.63) is 69.4 Å². The van der Waals surface area contributed by atoms with E-state index in [4.69, 9.17) is 0 Å². The lowest BCUT2D eigenvalue weighted by molar-refractivity contribution is 0.619. The van der Waals surface area contributed by atoms with E-state index in [-0.39, 0.29) is 5.82 Å². The van der Waals surface area contributed by atoms with Gasteiger partial charge < -0.3 is 5.32 Å². The molecule has 0 unspecified atom stereocenters. The zero-order chi connectivity index (χ0) is 13.0. The Hall–Kier alpha value is -1.19. The third kappa shape index (κ3) is 3.65. The van der Waals surface area contributed by atoms with Crippen LogP contribution in [0.25, 0.3) is 0 Å². The minimum absolute atomic E-state index is 0.181. The fourth-order valence-electron chi connectivity index (χ4n) is 1.82. The van der Waals surface area contributed by atoms with Crippen molar-refractivity contribution >= 4 is 15.9 Å². The molecule has 3 heteroatoms. The molecule has 0 saturated heterocycles. The summed E-state index contributed by atoms with van der Waals surface area (Å²) in [4.78, 5) is 0. The van der Waals surface area contributed by atoms with Crippen molar-refractivity contribution in [1.82, 2.24) is 5.32 Å². The molecule has 94 valence electrons. The zero-order valence-electron chi connectivity index (χ0n) is 10.2. The fourth-order valence-corrected chi connectivity index (χ4v) is 2.27. The van der Waals surface area contributed by atoms with Gasteiger partial charge in [0.05, 0.1) is 0 Å². The van der Waals surface area contributed by atoms with E-state index in [0.29, 0.717) is 6.54 Å². The van der Waals surface area contributed by atoms with E-state index in [0.717, 1.165) is 22.1 Å². The Morgan fingerprint density at radius 2 is 1.94 bits per heavy atom. The van der Waals surface area contributed by atoms with E-state index >= 15 is 0 Å². The lowest BCUT2D eigenvalue weighted by Crippen LogP contribution is -2.13. The quantitative estimate of drug-likeness (QED) is 0.893. The highest BCUT2D eigenvalue weighted by molar-refractivity contribution is 9.10. The molecule has 0 fully saturated rings. The number of nitrogens with one attached hydrogen (secondary N) is 1. The first kappa shape index (κ1) is 13.2. The van der Waals surface area contributed by atoms with Crippen LogP contribution in [0.3, 0.4) is 0 Å². The van der Waals surface area contributed by atoms with Gasteiger partial charge >= 0.3 is 0 Å². The second kappa shape index (κ2) is 6.12. The van der Waals surface area contributed by atoms with E-state index in [1.165, 1.54) is 11.6 Å². The molecule has 2 rings (SSSR count). The fraction of sp³-hybridized carbons (Fsp3) is 0.200. The summed E-state index contributed by atoms with van der Waals surface area (Å²) in [5, 5.41) is 3.33. The monoisotopic (exact) mass is 307 g/mol. The van der Waals surface area contributed by atoms with E-state index < -0.39 is 0 Å². The van der Waals surface area contributed by atoms with E-state index in [1.54, 1.807) is 6.07 Å². The van der Waals surface area contributed by atoms with Crippen LogP contribution in [-0.2, 0) is 13.1 Å². The number of rotatable bonds is 4. The maximum absolute atomic E-state index is 13.1. The summed E-state index contributed by atoms with van der Waals surface area (Å²) in [7, 11) is 0. The molecular formula is C15H15BrFN. The van der Waals surface area contributed by atoms with Crippen LogP contribution in [0.15, 0.2) is 46.9 Å². The molecule has 0 aliphatic heterocycles. The van der Waals surface area contributed by atoms with Crippen molar-refractivity contribution < 1.29 is 4.39 Å². The smallest absolute Gasteiger partial charge is 0.123 e. The normalized spacial score (nSPS) is 10.6. The number of halogens is 2. The standard InChI is InChI=1S/C15H15BrFN/c1-11-5-6-15(17)8-13(11)10-18-9-12-3-2-4-14(16)7-12/h2-8,18H,9-10H2,1H3. The molecule has 0 heterocycles. The largest absolute Gasteiger partial charge is 0.309 e. The van der Waals surface area contributed by atoms with Gasteiger partial charge in [-0.05, 0) is 47.9 Å². The molecule has 2 aromatic carbocycles. The minimum Gasteiger partial charge on any atom is -0.309 e. The van der Waals surface area contributed by atoms with Gasteiger partial charge in [-0.1, -0.05) is 34.1 Å². The van der Waals surface area contributed by atoms with E-state index in [9.17, 15) is 4.39 Å². The summed E-state index contributed by atoms with van der Waals surface area (Å²) < 4.78 is 14.2. The Labute approximate surface area is 115 Å². The van der Waals surface area contributed by atoms with Gasteiger partial charge in [0.25, 0.3) is 0 Å². The lowest BCUT2D eigenvalue weighted by Gasteiger charge is -2.08. The average molecular weight is 308 g/mol. The second-order valence-electron chi connectivity index (χ2n) is 4.30. The highest BCUT2D eigenvalue weighted by Gasteiger charge is 2.00. The van der Waals surface area contributed by atoms with Crippen LogP contribution in [0.4, 0.5) is 4.39 Å². The van der Waals surface area contributed by atoms with Gasteiger partial charge in [-0.2, -0.15) is 0 Å². The van der Waals surface area contributed by atoms with Crippen molar-refractivity contribution in [2.24, 2.45) is 0 Å². The predicted octanol–water partition coefficient (Wildman–Crippen LogP) is 4.19. The Morgan fingerprint density at radius 3 is 2.72 bits per heavy atom. The highest BCUT2D eigenvalue weighted by atomic mass is 79.9. The van der Waals surface area contributed by atoms with Crippen LogP contribution >= 0.6 is 15.9 Å². The average Bonchev–Trinajstić information content (AvgIpc) is 2.34. The van der Waals surface area contributed by atoms with Crippen molar-refractivity contribution in [3.8, 4) is 0 Å². The molecule has 0 aromatic heterocycles. The van der Waals surface area contributed by atoms with Crippen molar-refractivity contribution in [1.29, 1.82) is 0 Å². The van der Waals surface area contributed by atoms with E-state index in [1.807, 2.05) is 25.1 Å². The van der Waals surface area contributed by atoms with Crippen molar-refractivity contribution in [3.63, 3.8) is 0 Å². The number of aryl methyl sites for hydroxylation is 1. The molecule has 0 aliphatic carbocycles. The van der Waals surface area contributed by atoms with Gasteiger partial charge in [-0.15, -0.1) is 0 Å². The molecule has 0 saturated carbocycles. The third-order valence-corrected chi connectivity index (χ3v) is 3.34. The van der Waals surface area contributed by atoms with Gasteiger partial charge in [0.15, 0.2) is 0 Å². The van der Waals surface area contributed by atoms with Gasteiger partial charge in [0.1, 0.15) is 5.82 Å². The van der Waals surface area contributed by atoms with Crippen LogP contribution in [0.2, 0.25) is 0 Å². The summed E-state index contributed by atoms with van der Waals surface area (Å²) in [6, 6.07) is 13.0. The molecule has 0 radical (unpaired) electrons. The molecule has 1 nitrogen and oxygen atoms in total. The molecular weight excluding hydrogens is 293 g/mol. The zero-order valence-corrected chi connectivity index (χ0v) is 11.8. The molecule has 1 N–H and O–H groups in total. The summed E-state index contributed by atoms with van der Waals surface area (Å²) in [6.07, 6.45) is 0. The predicted molar refractivity (Wildman–Crippen MR) is 75.8 cm³/mol. The first-order valence-corrected chi connectivity index (χ1v) is 6.64. The van der Waals surface area contributed by atoms with Gasteiger partial charge in [0.2, 0.25) is 0 Å². The first-order chi connectivity index (χ1) is 8.65. The third-order valence-electron chi connectivity index (χ3n) is 2.84. The summed E-state index contributed by atoms with van der Waals surface area (Å²) in [6.45, 7) is 3.45. The van der Waals surface area contributed by atoms with Gasteiger partial charge in [-0.25, -0.2) is 4.39 Å². The molecule has 0 bridgehead atoms. The van der Waals surface area contributed by atoms with Crippen LogP contribution in [0, 0.1) is 12.7 Å². The molecule has 0 aliphatic rings. The molecule has 2 aromatic rings. The SMILES string of the molecule is Cc1ccc(F)cc1CNCc1cccc(Br)c1. The van der Waals surface area contributed by atoms with Crippen LogP contribution < -0.4 is 5.32 Å². The highest BCUT2D eigenvalue weighted by Crippen LogP contribution is 2.13. The minimum atomic E-state index is -0.181. The Kier molecular flexibility index (Phi) is 4.50. The summed E-state index contributed by atoms with van der Waals surface area (Å²) >= 11 is 3.44. The van der Waals surface area contributed by atoms with Crippen LogP contribution in [0.1, 0.15) is 16.7 Å². The Bertz CT molecular complexity index is 540. The van der Waals surface area contributed by atoms with Crippen molar-refractivity contribution in [2.75, 3.05) is 0 Å². The summed E-state index contributed by atoms with van der Waals surface area (Å²) in [5.74, 6) is -0.181. The lowest BCUT2D eigenvalue weighted by atomic mass is 10.1. The molecule has 18 heavy (non-hydrogen) atoms. The maximum atomic E-state index is 13.1. The summed E-state index contributed by atoms with van der Waals surface area (Å²) in [5.41, 5.74) is 3.32. The molecule has 0 atom stereocenters. The van der Waals surface area contributed by atoms with Gasteiger partial charge in [-0.3, -0.25) is 0 Å². The Balaban J connectivity index is 1.94. The van der Waals surface area contributed by atoms with E-state index in [2.05, 4.69) is 33.4 Å². The number of hydrogen-bond donors (Lipinski definition) is 1. The number of benzene rings is 2. The number of hydrogen-bond acceptors (Lipinski definition) is 1. The Morgan fingerprint density at radius 1 is 1.11 bits per heavy atom. The van der Waals surface area contributed by atoms with Crippen molar-refractivity contribution in [2.45, 2.75) is 20.0 Å². The van der Waals surface area contributed by atoms with Crippen LogP contribution in [0.5, 0.6) is 0 Å². The van der Waals surface area contributed by atoms with Crippen LogP contribution in [-0.4, -0.2) is 0 Å².